The lowest BCUT2D eigenvalue weighted by Gasteiger charge is -2.21. The lowest BCUT2D eigenvalue weighted by Crippen LogP contribution is -2.36. The highest BCUT2D eigenvalue weighted by atomic mass is 16.5. The minimum Gasteiger partial charge on any atom is -0.487 e. The van der Waals surface area contributed by atoms with Crippen molar-refractivity contribution in [2.75, 3.05) is 12.3 Å². The second kappa shape index (κ2) is 6.14. The largest absolute Gasteiger partial charge is 0.487 e. The van der Waals surface area contributed by atoms with Gasteiger partial charge < -0.3 is 15.8 Å². The van der Waals surface area contributed by atoms with Crippen LogP contribution in [0.1, 0.15) is 19.8 Å². The third kappa shape index (κ3) is 3.34. The van der Waals surface area contributed by atoms with E-state index in [1.54, 1.807) is 6.20 Å². The number of anilines is 1. The average molecular weight is 283 g/mol. The van der Waals surface area contributed by atoms with Crippen molar-refractivity contribution in [2.24, 2.45) is 0 Å². The molecule has 3 N–H and O–H groups in total. The van der Waals surface area contributed by atoms with E-state index >= 15 is 0 Å². The number of hydrogen-bond acceptors (Lipinski definition) is 4. The zero-order chi connectivity index (χ0) is 14.7. The number of nitrogens with zero attached hydrogens (tertiary/aromatic N) is 1. The van der Waals surface area contributed by atoms with Crippen molar-refractivity contribution >= 4 is 5.69 Å². The van der Waals surface area contributed by atoms with Crippen molar-refractivity contribution in [1.82, 2.24) is 10.3 Å². The van der Waals surface area contributed by atoms with Gasteiger partial charge in [0.1, 0.15) is 11.9 Å². The van der Waals surface area contributed by atoms with Crippen LogP contribution in [0.25, 0.3) is 11.1 Å². The quantitative estimate of drug-likeness (QED) is 0.847. The Morgan fingerprint density at radius 2 is 2.19 bits per heavy atom. The number of nitrogen functional groups attached to an aromatic ring is 1. The van der Waals surface area contributed by atoms with Crippen LogP contribution in [0.5, 0.6) is 5.75 Å². The lowest BCUT2D eigenvalue weighted by atomic mass is 10.1. The van der Waals surface area contributed by atoms with Crippen molar-refractivity contribution < 1.29 is 4.74 Å². The zero-order valence-corrected chi connectivity index (χ0v) is 12.3. The smallest absolute Gasteiger partial charge is 0.138 e. The summed E-state index contributed by atoms with van der Waals surface area (Å²) in [5.41, 5.74) is 8.66. The van der Waals surface area contributed by atoms with Gasteiger partial charge in [0.05, 0.1) is 6.20 Å². The van der Waals surface area contributed by atoms with Crippen LogP contribution in [-0.4, -0.2) is 23.7 Å². The first-order chi connectivity index (χ1) is 10.2. The molecule has 0 bridgehead atoms. The van der Waals surface area contributed by atoms with Crippen molar-refractivity contribution in [2.45, 2.75) is 31.9 Å². The standard InChI is InChI=1S/C17H21N3O/c1-12(17-6-3-7-20-17)21-16-9-14(10-19-11-16)13-4-2-5-15(18)8-13/h2,4-5,8-12,17,20H,3,6-7,18H2,1H3/t12?,17-/m0/s1. The average Bonchev–Trinajstić information content (AvgIpc) is 3.02. The molecule has 2 heterocycles. The van der Waals surface area contributed by atoms with E-state index < -0.39 is 0 Å². The number of benzene rings is 1. The molecule has 2 atom stereocenters. The van der Waals surface area contributed by atoms with Gasteiger partial charge in [0.2, 0.25) is 0 Å². The zero-order valence-electron chi connectivity index (χ0n) is 12.3. The molecule has 0 saturated carbocycles. The van der Waals surface area contributed by atoms with E-state index in [9.17, 15) is 0 Å². The maximum Gasteiger partial charge on any atom is 0.138 e. The Balaban J connectivity index is 1.76. The normalized spacial score (nSPS) is 19.4. The van der Waals surface area contributed by atoms with Gasteiger partial charge in [0, 0.05) is 23.5 Å². The number of nitrogens with one attached hydrogen (secondary N) is 1. The van der Waals surface area contributed by atoms with Gasteiger partial charge >= 0.3 is 0 Å². The molecule has 1 aliphatic rings. The predicted molar refractivity (Wildman–Crippen MR) is 85.2 cm³/mol. The van der Waals surface area contributed by atoms with Gasteiger partial charge in [-0.15, -0.1) is 0 Å². The second-order valence-electron chi connectivity index (χ2n) is 5.56. The van der Waals surface area contributed by atoms with Crippen molar-refractivity contribution in [3.8, 4) is 16.9 Å². The SMILES string of the molecule is CC(Oc1cncc(-c2cccc(N)c2)c1)[C@@H]1CCCN1. The van der Waals surface area contributed by atoms with Crippen LogP contribution < -0.4 is 15.8 Å². The summed E-state index contributed by atoms with van der Waals surface area (Å²) >= 11 is 0. The minimum absolute atomic E-state index is 0.144. The Hall–Kier alpha value is -2.07. The number of rotatable bonds is 4. The van der Waals surface area contributed by atoms with Gasteiger partial charge in [-0.3, -0.25) is 4.98 Å². The fourth-order valence-electron chi connectivity index (χ4n) is 2.77. The topological polar surface area (TPSA) is 60.2 Å². The molecule has 3 rings (SSSR count). The molecule has 4 nitrogen and oxygen atoms in total. The van der Waals surface area contributed by atoms with E-state index in [-0.39, 0.29) is 6.10 Å². The first kappa shape index (κ1) is 13.9. The van der Waals surface area contributed by atoms with Gasteiger partial charge in [-0.1, -0.05) is 12.1 Å². The highest BCUT2D eigenvalue weighted by Gasteiger charge is 2.22. The Morgan fingerprint density at radius 1 is 1.29 bits per heavy atom. The Kier molecular flexibility index (Phi) is 4.06. The predicted octanol–water partition coefficient (Wildman–Crippen LogP) is 2.85. The molecule has 110 valence electrons. The van der Waals surface area contributed by atoms with Crippen molar-refractivity contribution in [3.05, 3.63) is 42.7 Å². The molecular formula is C17H21N3O. The molecule has 4 heteroatoms. The molecular weight excluding hydrogens is 262 g/mol. The molecule has 0 radical (unpaired) electrons. The molecule has 1 unspecified atom stereocenters. The van der Waals surface area contributed by atoms with E-state index in [0.717, 1.165) is 29.1 Å². The van der Waals surface area contributed by atoms with E-state index in [1.807, 2.05) is 36.5 Å². The maximum atomic E-state index is 6.03. The fraction of sp³-hybridized carbons (Fsp3) is 0.353. The maximum absolute atomic E-state index is 6.03. The molecule has 21 heavy (non-hydrogen) atoms. The number of aromatic nitrogens is 1. The van der Waals surface area contributed by atoms with Crippen molar-refractivity contribution in [3.63, 3.8) is 0 Å². The van der Waals surface area contributed by atoms with Crippen LogP contribution in [0, 0.1) is 0 Å². The highest BCUT2D eigenvalue weighted by Crippen LogP contribution is 2.25. The third-order valence-electron chi connectivity index (χ3n) is 3.92. The number of ether oxygens (including phenoxy) is 1. The molecule has 0 amide bonds. The molecule has 1 saturated heterocycles. The van der Waals surface area contributed by atoms with E-state index in [1.165, 1.54) is 12.8 Å². The first-order valence-corrected chi connectivity index (χ1v) is 7.43. The minimum atomic E-state index is 0.144. The van der Waals surface area contributed by atoms with Crippen molar-refractivity contribution in [1.29, 1.82) is 0 Å². The van der Waals surface area contributed by atoms with Crippen LogP contribution in [-0.2, 0) is 0 Å². The third-order valence-corrected chi connectivity index (χ3v) is 3.92. The van der Waals surface area contributed by atoms with E-state index in [4.69, 9.17) is 10.5 Å². The summed E-state index contributed by atoms with van der Waals surface area (Å²) in [6.45, 7) is 3.19. The number of pyridine rings is 1. The van der Waals surface area contributed by atoms with Crippen LogP contribution >= 0.6 is 0 Å². The highest BCUT2D eigenvalue weighted by molar-refractivity contribution is 5.67. The monoisotopic (exact) mass is 283 g/mol. The van der Waals surface area contributed by atoms with Gasteiger partial charge in [-0.05, 0) is 50.1 Å². The molecule has 1 fully saturated rings. The summed E-state index contributed by atoms with van der Waals surface area (Å²) in [6, 6.07) is 10.3. The summed E-state index contributed by atoms with van der Waals surface area (Å²) < 4.78 is 6.03. The van der Waals surface area contributed by atoms with Gasteiger partial charge in [-0.2, -0.15) is 0 Å². The summed E-state index contributed by atoms with van der Waals surface area (Å²) in [5, 5.41) is 3.47. The summed E-state index contributed by atoms with van der Waals surface area (Å²) in [5.74, 6) is 0.802. The van der Waals surface area contributed by atoms with Gasteiger partial charge in [0.25, 0.3) is 0 Å². The van der Waals surface area contributed by atoms with Crippen LogP contribution in [0.15, 0.2) is 42.7 Å². The number of hydrogen-bond donors (Lipinski definition) is 2. The fourth-order valence-corrected chi connectivity index (χ4v) is 2.77. The molecule has 0 spiro atoms. The summed E-state index contributed by atoms with van der Waals surface area (Å²) in [4.78, 5) is 4.28. The molecule has 1 aliphatic heterocycles. The molecule has 1 aromatic carbocycles. The summed E-state index contributed by atoms with van der Waals surface area (Å²) in [6.07, 6.45) is 6.13. The Morgan fingerprint density at radius 3 is 2.95 bits per heavy atom. The van der Waals surface area contributed by atoms with E-state index in [0.29, 0.717) is 6.04 Å². The summed E-state index contributed by atoms with van der Waals surface area (Å²) in [7, 11) is 0. The van der Waals surface area contributed by atoms with Crippen LogP contribution in [0.4, 0.5) is 5.69 Å². The van der Waals surface area contributed by atoms with Crippen LogP contribution in [0.2, 0.25) is 0 Å². The first-order valence-electron chi connectivity index (χ1n) is 7.43. The number of nitrogens with two attached hydrogens (primary N) is 1. The van der Waals surface area contributed by atoms with Gasteiger partial charge in [-0.25, -0.2) is 0 Å². The molecule has 0 aliphatic carbocycles. The Bertz CT molecular complexity index is 608. The second-order valence-corrected chi connectivity index (χ2v) is 5.56. The van der Waals surface area contributed by atoms with Crippen LogP contribution in [0.3, 0.4) is 0 Å². The van der Waals surface area contributed by atoms with Gasteiger partial charge in [0.15, 0.2) is 0 Å². The molecule has 2 aromatic rings. The Labute approximate surface area is 125 Å². The lowest BCUT2D eigenvalue weighted by molar-refractivity contribution is 0.179. The van der Waals surface area contributed by atoms with E-state index in [2.05, 4.69) is 17.2 Å². The molecule has 1 aromatic heterocycles.